The molecule has 76 valence electrons. The van der Waals surface area contributed by atoms with Crippen molar-refractivity contribution in [2.24, 2.45) is 0 Å². The normalized spacial score (nSPS) is 19.1. The van der Waals surface area contributed by atoms with Gasteiger partial charge in [-0.1, -0.05) is 0 Å². The van der Waals surface area contributed by atoms with Gasteiger partial charge in [0.05, 0.1) is 6.61 Å². The minimum Gasteiger partial charge on any atom is -0.491 e. The van der Waals surface area contributed by atoms with Crippen molar-refractivity contribution in [1.29, 1.82) is 0 Å². The topological polar surface area (TPSA) is 25.0 Å². The van der Waals surface area contributed by atoms with Crippen LogP contribution in [0.15, 0.2) is 24.3 Å². The fourth-order valence-corrected chi connectivity index (χ4v) is 1.19. The number of nitrogens with zero attached hydrogens (tertiary/aromatic N) is 1. The summed E-state index contributed by atoms with van der Waals surface area (Å²) in [5.41, 5.74) is 1.18. The van der Waals surface area contributed by atoms with Crippen molar-refractivity contribution in [3.05, 3.63) is 24.3 Å². The largest absolute Gasteiger partial charge is 0.491 e. The molecule has 1 saturated heterocycles. The van der Waals surface area contributed by atoms with Crippen LogP contribution in [0.25, 0.3) is 0 Å². The molecule has 0 saturated carbocycles. The van der Waals surface area contributed by atoms with Gasteiger partial charge in [-0.3, -0.25) is 0 Å². The monoisotopic (exact) mass is 193 g/mol. The summed E-state index contributed by atoms with van der Waals surface area (Å²) < 4.78 is 10.6. The van der Waals surface area contributed by atoms with E-state index >= 15 is 0 Å². The lowest BCUT2D eigenvalue weighted by Gasteiger charge is -2.12. The lowest BCUT2D eigenvalue weighted by molar-refractivity contribution is 0.263. The lowest BCUT2D eigenvalue weighted by Crippen LogP contribution is -2.08. The Morgan fingerprint density at radius 3 is 2.50 bits per heavy atom. The molecule has 14 heavy (non-hydrogen) atoms. The zero-order valence-electron chi connectivity index (χ0n) is 8.56. The van der Waals surface area contributed by atoms with Crippen molar-refractivity contribution in [1.82, 2.24) is 0 Å². The summed E-state index contributed by atoms with van der Waals surface area (Å²) in [6.07, 6.45) is 0.323. The van der Waals surface area contributed by atoms with Gasteiger partial charge >= 0.3 is 0 Å². The fourth-order valence-electron chi connectivity index (χ4n) is 1.19. The van der Waals surface area contributed by atoms with Crippen LogP contribution < -0.4 is 9.64 Å². The highest BCUT2D eigenvalue weighted by Gasteiger charge is 2.22. The van der Waals surface area contributed by atoms with Crippen molar-refractivity contribution in [2.45, 2.75) is 6.10 Å². The third-order valence-electron chi connectivity index (χ3n) is 2.19. The summed E-state index contributed by atoms with van der Waals surface area (Å²) in [6.45, 7) is 1.51. The smallest absolute Gasteiger partial charge is 0.119 e. The summed E-state index contributed by atoms with van der Waals surface area (Å²) in [5.74, 6) is 0.908. The second-order valence-electron chi connectivity index (χ2n) is 3.65. The quantitative estimate of drug-likeness (QED) is 0.678. The average molecular weight is 193 g/mol. The molecule has 0 aliphatic carbocycles. The predicted octanol–water partition coefficient (Wildman–Crippen LogP) is 1.53. The Morgan fingerprint density at radius 2 is 2.00 bits per heavy atom. The van der Waals surface area contributed by atoms with Crippen LogP contribution >= 0.6 is 0 Å². The second kappa shape index (κ2) is 3.88. The summed E-state index contributed by atoms with van der Waals surface area (Å²) in [4.78, 5) is 2.06. The molecule has 0 N–H and O–H groups in total. The van der Waals surface area contributed by atoms with Gasteiger partial charge < -0.3 is 14.4 Å². The molecule has 1 fully saturated rings. The van der Waals surface area contributed by atoms with Crippen molar-refractivity contribution < 1.29 is 9.47 Å². The van der Waals surface area contributed by atoms with E-state index in [-0.39, 0.29) is 0 Å². The van der Waals surface area contributed by atoms with E-state index in [2.05, 4.69) is 4.90 Å². The Labute approximate surface area is 84.2 Å². The Morgan fingerprint density at radius 1 is 1.36 bits per heavy atom. The van der Waals surface area contributed by atoms with E-state index in [1.54, 1.807) is 0 Å². The zero-order valence-corrected chi connectivity index (χ0v) is 8.56. The first-order valence-corrected chi connectivity index (χ1v) is 4.77. The van der Waals surface area contributed by atoms with Crippen LogP contribution in [-0.2, 0) is 4.74 Å². The van der Waals surface area contributed by atoms with E-state index in [9.17, 15) is 0 Å². The third kappa shape index (κ3) is 2.39. The molecule has 0 amide bonds. The molecule has 0 spiro atoms. The van der Waals surface area contributed by atoms with E-state index in [4.69, 9.17) is 9.47 Å². The van der Waals surface area contributed by atoms with Gasteiger partial charge in [0.2, 0.25) is 0 Å². The first-order valence-electron chi connectivity index (χ1n) is 4.77. The third-order valence-corrected chi connectivity index (χ3v) is 2.19. The van der Waals surface area contributed by atoms with Gasteiger partial charge in [0, 0.05) is 19.8 Å². The molecular weight excluding hydrogens is 178 g/mol. The molecule has 1 aliphatic rings. The fraction of sp³-hybridized carbons (Fsp3) is 0.455. The number of anilines is 1. The summed E-state index contributed by atoms with van der Waals surface area (Å²) in [7, 11) is 4.04. The number of epoxide rings is 1. The molecule has 1 heterocycles. The highest BCUT2D eigenvalue weighted by molar-refractivity contribution is 5.47. The maximum Gasteiger partial charge on any atom is 0.119 e. The van der Waals surface area contributed by atoms with E-state index in [1.807, 2.05) is 38.4 Å². The van der Waals surface area contributed by atoms with Crippen molar-refractivity contribution in [2.75, 3.05) is 32.2 Å². The molecule has 0 radical (unpaired) electrons. The second-order valence-corrected chi connectivity index (χ2v) is 3.65. The van der Waals surface area contributed by atoms with Gasteiger partial charge in [0.1, 0.15) is 18.5 Å². The summed E-state index contributed by atoms with van der Waals surface area (Å²) >= 11 is 0. The number of hydrogen-bond donors (Lipinski definition) is 0. The van der Waals surface area contributed by atoms with Crippen molar-refractivity contribution in [3.63, 3.8) is 0 Å². The SMILES string of the molecule is CN(C)c1ccc(OC[C@@H]2CO2)cc1. The minimum absolute atomic E-state index is 0.323. The molecule has 0 aromatic heterocycles. The van der Waals surface area contributed by atoms with Gasteiger partial charge in [-0.25, -0.2) is 0 Å². The van der Waals surface area contributed by atoms with Gasteiger partial charge in [-0.2, -0.15) is 0 Å². The maximum absolute atomic E-state index is 5.52. The predicted molar refractivity (Wildman–Crippen MR) is 56.0 cm³/mol. The van der Waals surface area contributed by atoms with Crippen LogP contribution in [0.4, 0.5) is 5.69 Å². The molecule has 2 rings (SSSR count). The molecular formula is C11H15NO2. The summed E-state index contributed by atoms with van der Waals surface area (Å²) in [5, 5.41) is 0. The highest BCUT2D eigenvalue weighted by Crippen LogP contribution is 2.19. The van der Waals surface area contributed by atoms with Crippen LogP contribution in [0.3, 0.4) is 0 Å². The van der Waals surface area contributed by atoms with Crippen molar-refractivity contribution in [3.8, 4) is 5.75 Å². The number of ether oxygens (including phenoxy) is 2. The number of hydrogen-bond acceptors (Lipinski definition) is 3. The Bertz CT molecular complexity index is 291. The molecule has 0 unspecified atom stereocenters. The van der Waals surface area contributed by atoms with Crippen molar-refractivity contribution >= 4 is 5.69 Å². The first-order chi connectivity index (χ1) is 6.75. The zero-order chi connectivity index (χ0) is 9.97. The minimum atomic E-state index is 0.323. The lowest BCUT2D eigenvalue weighted by atomic mass is 10.3. The molecule has 3 nitrogen and oxygen atoms in total. The van der Waals surface area contributed by atoms with Crippen LogP contribution in [0.1, 0.15) is 0 Å². The highest BCUT2D eigenvalue weighted by atomic mass is 16.6. The first kappa shape index (κ1) is 9.34. The van der Waals surface area contributed by atoms with E-state index < -0.39 is 0 Å². The van der Waals surface area contributed by atoms with Crippen LogP contribution in [0.2, 0.25) is 0 Å². The molecule has 1 aliphatic heterocycles. The Kier molecular flexibility index (Phi) is 2.59. The molecule has 1 aromatic rings. The Balaban J connectivity index is 1.91. The molecule has 1 atom stereocenters. The van der Waals surface area contributed by atoms with Gasteiger partial charge in [0.25, 0.3) is 0 Å². The molecule has 0 bridgehead atoms. The van der Waals surface area contributed by atoms with Gasteiger partial charge in [0.15, 0.2) is 0 Å². The van der Waals surface area contributed by atoms with Gasteiger partial charge in [-0.05, 0) is 24.3 Å². The van der Waals surface area contributed by atoms with E-state index in [1.165, 1.54) is 5.69 Å². The standard InChI is InChI=1S/C11H15NO2/c1-12(2)9-3-5-10(6-4-9)13-7-11-8-14-11/h3-6,11H,7-8H2,1-2H3/t11-/m1/s1. The van der Waals surface area contributed by atoms with Crippen LogP contribution in [0.5, 0.6) is 5.75 Å². The van der Waals surface area contributed by atoms with Crippen LogP contribution in [0, 0.1) is 0 Å². The van der Waals surface area contributed by atoms with Crippen LogP contribution in [-0.4, -0.2) is 33.4 Å². The number of rotatable bonds is 4. The maximum atomic E-state index is 5.52. The molecule has 1 aromatic carbocycles. The average Bonchev–Trinajstić information content (AvgIpc) is 2.99. The summed E-state index contributed by atoms with van der Waals surface area (Å²) in [6, 6.07) is 8.06. The number of benzene rings is 1. The van der Waals surface area contributed by atoms with E-state index in [0.29, 0.717) is 12.7 Å². The van der Waals surface area contributed by atoms with E-state index in [0.717, 1.165) is 12.4 Å². The Hall–Kier alpha value is -1.22. The van der Waals surface area contributed by atoms with Gasteiger partial charge in [-0.15, -0.1) is 0 Å². The molecule has 3 heteroatoms.